The monoisotopic (exact) mass is 652 g/mol. The molecule has 0 aromatic heterocycles. The molecule has 2 saturated carbocycles. The summed E-state index contributed by atoms with van der Waals surface area (Å²) in [6.45, 7) is 18.8. The summed E-state index contributed by atoms with van der Waals surface area (Å²) < 4.78 is 26.0. The second-order valence-electron chi connectivity index (χ2n) is 15.0. The first-order valence-corrected chi connectivity index (χ1v) is 17.5. The van der Waals surface area contributed by atoms with Gasteiger partial charge in [-0.3, -0.25) is 19.2 Å². The summed E-state index contributed by atoms with van der Waals surface area (Å²) in [5.74, 6) is -3.22. The van der Waals surface area contributed by atoms with Crippen molar-refractivity contribution in [3.8, 4) is 0 Å². The van der Waals surface area contributed by atoms with Crippen LogP contribution >= 0.6 is 0 Å². The van der Waals surface area contributed by atoms with Gasteiger partial charge in [-0.1, -0.05) is 53.2 Å². The van der Waals surface area contributed by atoms with Crippen LogP contribution < -0.4 is 21.7 Å². The van der Waals surface area contributed by atoms with Crippen molar-refractivity contribution in [2.24, 2.45) is 34.3 Å². The topological polar surface area (TPSA) is 188 Å². The Morgan fingerprint density at radius 2 is 1.64 bits per heavy atom. The highest BCUT2D eigenvalue weighted by atomic mass is 32.2. The molecule has 0 spiro atoms. The Morgan fingerprint density at radius 3 is 2.07 bits per heavy atom. The number of ketones is 1. The lowest BCUT2D eigenvalue weighted by molar-refractivity contribution is -0.145. The smallest absolute Gasteiger partial charge is 0.315 e. The van der Waals surface area contributed by atoms with Gasteiger partial charge in [-0.2, -0.15) is 4.31 Å². The summed E-state index contributed by atoms with van der Waals surface area (Å²) in [7, 11) is -3.57. The van der Waals surface area contributed by atoms with Crippen LogP contribution in [0.25, 0.3) is 0 Å². The molecular weight excluding hydrogens is 600 g/mol. The maximum atomic E-state index is 14.2. The molecule has 0 aromatic rings. The van der Waals surface area contributed by atoms with E-state index in [0.29, 0.717) is 25.0 Å². The van der Waals surface area contributed by atoms with Crippen LogP contribution in [0, 0.1) is 28.6 Å². The van der Waals surface area contributed by atoms with Crippen molar-refractivity contribution in [1.29, 1.82) is 0 Å². The highest BCUT2D eigenvalue weighted by Crippen LogP contribution is 2.65. The molecule has 45 heavy (non-hydrogen) atoms. The van der Waals surface area contributed by atoms with Gasteiger partial charge in [0.05, 0.1) is 12.3 Å². The summed E-state index contributed by atoms with van der Waals surface area (Å²) in [6, 6.07) is -4.76. The van der Waals surface area contributed by atoms with Gasteiger partial charge in [-0.15, -0.1) is 0 Å². The van der Waals surface area contributed by atoms with E-state index in [1.54, 1.807) is 41.5 Å². The molecule has 14 heteroatoms. The van der Waals surface area contributed by atoms with Gasteiger partial charge in [0.1, 0.15) is 18.1 Å². The number of Topliss-reactive ketones (excluding diaryl/α,β-unsaturated/α-hetero) is 1. The summed E-state index contributed by atoms with van der Waals surface area (Å²) in [5.41, 5.74) is 4.84. The molecule has 1 heterocycles. The number of sulfonamides is 1. The summed E-state index contributed by atoms with van der Waals surface area (Å²) in [5, 5.41) is 8.33. The number of urea groups is 1. The molecule has 1 saturated heterocycles. The van der Waals surface area contributed by atoms with Crippen LogP contribution in [-0.2, 0) is 29.2 Å². The average molecular weight is 653 g/mol. The first-order chi connectivity index (χ1) is 20.5. The average Bonchev–Trinajstić information content (AvgIpc) is 3.18. The van der Waals surface area contributed by atoms with Crippen molar-refractivity contribution in [2.75, 3.05) is 19.3 Å². The summed E-state index contributed by atoms with van der Waals surface area (Å²) in [4.78, 5) is 67.3. The lowest BCUT2D eigenvalue weighted by Crippen LogP contribution is -2.62. The maximum Gasteiger partial charge on any atom is 0.315 e. The van der Waals surface area contributed by atoms with Crippen molar-refractivity contribution in [3.63, 3.8) is 0 Å². The van der Waals surface area contributed by atoms with Gasteiger partial charge in [0.2, 0.25) is 27.6 Å². The van der Waals surface area contributed by atoms with Crippen LogP contribution in [-0.4, -0.2) is 96.7 Å². The molecule has 1 unspecified atom stereocenters. The quantitative estimate of drug-likeness (QED) is 0.170. The number of likely N-dealkylation sites (tertiary alicyclic amines) is 1. The van der Waals surface area contributed by atoms with Crippen LogP contribution in [0.1, 0.15) is 74.7 Å². The third kappa shape index (κ3) is 7.87. The minimum atomic E-state index is -3.57. The first-order valence-electron chi connectivity index (χ1n) is 15.6. The Kier molecular flexibility index (Phi) is 10.5. The largest absolute Gasteiger partial charge is 0.363 e. The van der Waals surface area contributed by atoms with Crippen LogP contribution in [0.5, 0.6) is 0 Å². The fourth-order valence-corrected chi connectivity index (χ4v) is 7.94. The highest BCUT2D eigenvalue weighted by Gasteiger charge is 2.70. The van der Waals surface area contributed by atoms with Crippen LogP contribution in [0.3, 0.4) is 0 Å². The summed E-state index contributed by atoms with van der Waals surface area (Å²) >= 11 is 0. The van der Waals surface area contributed by atoms with Crippen molar-refractivity contribution in [3.05, 3.63) is 12.2 Å². The number of hydrogen-bond acceptors (Lipinski definition) is 7. The maximum absolute atomic E-state index is 14.2. The predicted molar refractivity (Wildman–Crippen MR) is 170 cm³/mol. The summed E-state index contributed by atoms with van der Waals surface area (Å²) in [6.07, 6.45) is 3.35. The number of rotatable bonds is 13. The molecule has 3 fully saturated rings. The minimum absolute atomic E-state index is 0.0353. The number of nitrogens with one attached hydrogen (secondary N) is 3. The molecule has 3 rings (SSSR count). The number of amides is 5. The van der Waals surface area contributed by atoms with Crippen molar-refractivity contribution in [1.82, 2.24) is 25.2 Å². The van der Waals surface area contributed by atoms with E-state index in [-0.39, 0.29) is 35.8 Å². The number of carbonyl (C=O) groups excluding carboxylic acids is 5. The third-order valence-electron chi connectivity index (χ3n) is 9.86. The second kappa shape index (κ2) is 13.0. The zero-order valence-electron chi connectivity index (χ0n) is 28.1. The van der Waals surface area contributed by atoms with Crippen molar-refractivity contribution >= 4 is 39.6 Å². The number of primary amides is 1. The predicted octanol–water partition coefficient (Wildman–Crippen LogP) is 1.14. The Balaban J connectivity index is 1.83. The SMILES string of the molecule is C=C(C)[C@@H](CN(C(C)C)S(C)(=O)=O)NC(=O)N[C@H](C(=O)N1C[C@H]2[C@@H]([C@H]1C(=O)NC(C(=O)C(N)=O)C1CCC1)C2(C)C)C(C)(C)C. The zero-order valence-corrected chi connectivity index (χ0v) is 28.9. The molecule has 0 radical (unpaired) electrons. The lowest BCUT2D eigenvalue weighted by atomic mass is 9.78. The van der Waals surface area contributed by atoms with Crippen LogP contribution in [0.2, 0.25) is 0 Å². The van der Waals surface area contributed by atoms with Gasteiger partial charge in [0.15, 0.2) is 0 Å². The lowest BCUT2D eigenvalue weighted by Gasteiger charge is -2.39. The molecule has 3 aliphatic rings. The molecule has 5 N–H and O–H groups in total. The van der Waals surface area contributed by atoms with Gasteiger partial charge in [0, 0.05) is 19.1 Å². The van der Waals surface area contributed by atoms with Crippen molar-refractivity contribution < 1.29 is 32.4 Å². The van der Waals surface area contributed by atoms with E-state index in [2.05, 4.69) is 22.5 Å². The van der Waals surface area contributed by atoms with E-state index >= 15 is 0 Å². The second-order valence-corrected chi connectivity index (χ2v) is 17.0. The number of fused-ring (bicyclic) bond motifs is 1. The van der Waals surface area contributed by atoms with E-state index in [9.17, 15) is 32.4 Å². The first kappa shape index (κ1) is 36.5. The standard InChI is InChI=1S/C31H52N6O7S/c1-16(2)20(15-37(17(3)4)45(10,43)44)33-29(42)35-25(30(5,6)7)28(41)36-14-19-21(31(19,8)9)23(36)27(40)34-22(18-12-11-13-18)24(38)26(32)39/h17-23,25H,1,11-15H2,2-10H3,(H2,32,39)(H,34,40)(H2,33,35,42)/t19-,20+,21-,22?,23-,25+/m0/s1. The highest BCUT2D eigenvalue weighted by molar-refractivity contribution is 7.88. The van der Waals surface area contributed by atoms with Gasteiger partial charge < -0.3 is 26.6 Å². The molecule has 2 aliphatic carbocycles. The van der Waals surface area contributed by atoms with E-state index in [1.165, 1.54) is 9.21 Å². The minimum Gasteiger partial charge on any atom is -0.363 e. The van der Waals surface area contributed by atoms with E-state index in [1.807, 2.05) is 13.8 Å². The number of carbonyl (C=O) groups is 5. The third-order valence-corrected chi connectivity index (χ3v) is 11.3. The Labute approximate surface area is 267 Å². The number of nitrogens with two attached hydrogens (primary N) is 1. The Morgan fingerprint density at radius 1 is 1.07 bits per heavy atom. The molecule has 254 valence electrons. The van der Waals surface area contributed by atoms with Gasteiger partial charge in [-0.25, -0.2) is 13.2 Å². The van der Waals surface area contributed by atoms with Gasteiger partial charge in [-0.05, 0) is 62.2 Å². The molecule has 13 nitrogen and oxygen atoms in total. The molecule has 6 atom stereocenters. The normalized spacial score (nSPS) is 24.6. The fourth-order valence-electron chi connectivity index (χ4n) is 6.76. The fraction of sp³-hybridized carbons (Fsp3) is 0.774. The number of nitrogens with zero attached hydrogens (tertiary/aromatic N) is 2. The molecular formula is C31H52N6O7S. The van der Waals surface area contributed by atoms with Gasteiger partial charge in [0.25, 0.3) is 5.91 Å². The van der Waals surface area contributed by atoms with Crippen molar-refractivity contribution in [2.45, 2.75) is 105 Å². The van der Waals surface area contributed by atoms with Gasteiger partial charge >= 0.3 is 6.03 Å². The zero-order chi connectivity index (χ0) is 34.4. The van der Waals surface area contributed by atoms with E-state index in [0.717, 1.165) is 12.7 Å². The Bertz CT molecular complexity index is 1330. The molecule has 5 amide bonds. The molecule has 0 bridgehead atoms. The van der Waals surface area contributed by atoms with Crippen LogP contribution in [0.15, 0.2) is 12.2 Å². The Hall–Kier alpha value is -3.00. The number of piperidine rings is 1. The number of hydrogen-bond donors (Lipinski definition) is 4. The molecule has 0 aromatic carbocycles. The van der Waals surface area contributed by atoms with E-state index in [4.69, 9.17) is 5.73 Å². The van der Waals surface area contributed by atoms with Crippen LogP contribution in [0.4, 0.5) is 4.79 Å². The molecule has 1 aliphatic heterocycles. The van der Waals surface area contributed by atoms with E-state index < -0.39 is 69.1 Å².